The lowest BCUT2D eigenvalue weighted by Crippen LogP contribution is -2.24. The summed E-state index contributed by atoms with van der Waals surface area (Å²) in [6, 6.07) is 7.47. The molecule has 0 unspecified atom stereocenters. The van der Waals surface area contributed by atoms with Crippen molar-refractivity contribution in [1.29, 1.82) is 0 Å². The van der Waals surface area contributed by atoms with Crippen molar-refractivity contribution in [2.45, 2.75) is 53.2 Å². The number of para-hydroxylation sites is 2. The van der Waals surface area contributed by atoms with Crippen LogP contribution in [0.5, 0.6) is 5.75 Å². The lowest BCUT2D eigenvalue weighted by Gasteiger charge is -2.19. The van der Waals surface area contributed by atoms with E-state index in [1.165, 1.54) is 0 Å². The second-order valence-electron chi connectivity index (χ2n) is 7.46. The third-order valence-corrected chi connectivity index (χ3v) is 4.18. The molecule has 0 fully saturated rings. The Bertz CT molecular complexity index is 865. The van der Waals surface area contributed by atoms with Gasteiger partial charge >= 0.3 is 11.9 Å². The molecule has 0 aliphatic heterocycles. The molecule has 0 amide bonds. The zero-order valence-corrected chi connectivity index (χ0v) is 18.0. The predicted octanol–water partition coefficient (Wildman–Crippen LogP) is 4.33. The summed E-state index contributed by atoms with van der Waals surface area (Å²) < 4.78 is 16.1. The molecule has 1 aromatic carbocycles. The van der Waals surface area contributed by atoms with Crippen LogP contribution in [-0.2, 0) is 22.4 Å². The second-order valence-corrected chi connectivity index (χ2v) is 7.46. The minimum atomic E-state index is -0.646. The second kappa shape index (κ2) is 9.49. The Kier molecular flexibility index (Phi) is 7.31. The van der Waals surface area contributed by atoms with Gasteiger partial charge in [-0.3, -0.25) is 0 Å². The van der Waals surface area contributed by atoms with Crippen LogP contribution in [0.25, 0.3) is 0 Å². The molecule has 29 heavy (non-hydrogen) atoms. The van der Waals surface area contributed by atoms with E-state index in [9.17, 15) is 9.59 Å². The lowest BCUT2D eigenvalue weighted by molar-refractivity contribution is 0.00622. The molecule has 0 saturated heterocycles. The zero-order valence-electron chi connectivity index (χ0n) is 18.0. The molecule has 1 aromatic heterocycles. The molecule has 7 nitrogen and oxygen atoms in total. The maximum absolute atomic E-state index is 12.7. The summed E-state index contributed by atoms with van der Waals surface area (Å²) in [5, 5.41) is 3.25. The van der Waals surface area contributed by atoms with Crippen molar-refractivity contribution in [3.63, 3.8) is 0 Å². The Labute approximate surface area is 171 Å². The topological polar surface area (TPSA) is 89.7 Å². The van der Waals surface area contributed by atoms with Gasteiger partial charge in [0.15, 0.2) is 0 Å². The van der Waals surface area contributed by atoms with Gasteiger partial charge in [-0.1, -0.05) is 19.1 Å². The van der Waals surface area contributed by atoms with E-state index in [1.54, 1.807) is 34.8 Å². The van der Waals surface area contributed by atoms with Crippen molar-refractivity contribution in [3.8, 4) is 5.75 Å². The van der Waals surface area contributed by atoms with Crippen LogP contribution in [0.4, 0.5) is 5.69 Å². The molecular weight excluding hydrogens is 372 g/mol. The number of nitrogens with one attached hydrogen (secondary N) is 2. The number of aromatic nitrogens is 1. The van der Waals surface area contributed by atoms with E-state index in [0.717, 1.165) is 5.69 Å². The summed E-state index contributed by atoms with van der Waals surface area (Å²) in [4.78, 5) is 28.5. The summed E-state index contributed by atoms with van der Waals surface area (Å²) in [6.07, 6.45) is 0.480. The van der Waals surface area contributed by atoms with Gasteiger partial charge in [0.25, 0.3) is 0 Å². The van der Waals surface area contributed by atoms with Crippen LogP contribution >= 0.6 is 0 Å². The van der Waals surface area contributed by atoms with Crippen LogP contribution < -0.4 is 10.1 Å². The highest BCUT2D eigenvalue weighted by molar-refractivity contribution is 5.99. The van der Waals surface area contributed by atoms with Crippen molar-refractivity contribution in [2.75, 3.05) is 19.0 Å². The maximum Gasteiger partial charge on any atom is 0.355 e. The van der Waals surface area contributed by atoms with Crippen LogP contribution in [0.1, 0.15) is 66.7 Å². The standard InChI is InChI=1S/C22H30N2O5/c1-7-14-18(20(25)28-8-2)16(24-19(14)21(26)29-22(3,4)5)13-23-15-11-9-10-12-17(15)27-6/h9-12,23-24H,7-8,13H2,1-6H3. The number of aromatic amines is 1. The molecule has 0 bridgehead atoms. The number of hydrogen-bond acceptors (Lipinski definition) is 6. The number of esters is 2. The summed E-state index contributed by atoms with van der Waals surface area (Å²) >= 11 is 0. The zero-order chi connectivity index (χ0) is 21.6. The van der Waals surface area contributed by atoms with Crippen LogP contribution in [0.2, 0.25) is 0 Å². The predicted molar refractivity (Wildman–Crippen MR) is 112 cm³/mol. The number of ether oxygens (including phenoxy) is 3. The first-order valence-corrected chi connectivity index (χ1v) is 9.72. The van der Waals surface area contributed by atoms with Crippen molar-refractivity contribution >= 4 is 17.6 Å². The molecule has 0 radical (unpaired) electrons. The Morgan fingerprint density at radius 1 is 1.10 bits per heavy atom. The van der Waals surface area contributed by atoms with Crippen molar-refractivity contribution in [2.24, 2.45) is 0 Å². The van der Waals surface area contributed by atoms with E-state index in [1.807, 2.05) is 31.2 Å². The number of H-pyrrole nitrogens is 1. The van der Waals surface area contributed by atoms with Crippen molar-refractivity contribution in [3.05, 3.63) is 46.8 Å². The summed E-state index contributed by atoms with van der Waals surface area (Å²) in [5.41, 5.74) is 1.94. The fraction of sp³-hybridized carbons (Fsp3) is 0.455. The number of rotatable bonds is 8. The summed E-state index contributed by atoms with van der Waals surface area (Å²) in [6.45, 7) is 9.56. The molecule has 0 saturated carbocycles. The smallest absolute Gasteiger partial charge is 0.355 e. The van der Waals surface area contributed by atoms with Gasteiger partial charge in [-0.25, -0.2) is 9.59 Å². The molecule has 7 heteroatoms. The molecular formula is C22H30N2O5. The van der Waals surface area contributed by atoms with E-state index in [-0.39, 0.29) is 18.8 Å². The van der Waals surface area contributed by atoms with Gasteiger partial charge in [-0.2, -0.15) is 0 Å². The van der Waals surface area contributed by atoms with E-state index in [0.29, 0.717) is 29.0 Å². The number of carbonyl (C=O) groups is 2. The molecule has 2 rings (SSSR count). The largest absolute Gasteiger partial charge is 0.495 e. The van der Waals surface area contributed by atoms with Gasteiger partial charge in [0.2, 0.25) is 0 Å². The first-order chi connectivity index (χ1) is 13.7. The normalized spacial score (nSPS) is 11.1. The number of anilines is 1. The lowest BCUT2D eigenvalue weighted by atomic mass is 10.1. The van der Waals surface area contributed by atoms with Gasteiger partial charge in [0.1, 0.15) is 17.0 Å². The average molecular weight is 402 g/mol. The van der Waals surface area contributed by atoms with Crippen molar-refractivity contribution < 1.29 is 23.8 Å². The summed E-state index contributed by atoms with van der Waals surface area (Å²) in [7, 11) is 1.59. The van der Waals surface area contributed by atoms with Gasteiger partial charge in [-0.05, 0) is 51.8 Å². The van der Waals surface area contributed by atoms with Crippen LogP contribution in [0.15, 0.2) is 24.3 Å². The Balaban J connectivity index is 2.43. The molecule has 0 spiro atoms. The minimum absolute atomic E-state index is 0.244. The quantitative estimate of drug-likeness (QED) is 0.639. The molecule has 0 aliphatic carbocycles. The van der Waals surface area contributed by atoms with E-state index in [4.69, 9.17) is 14.2 Å². The fourth-order valence-corrected chi connectivity index (χ4v) is 3.01. The van der Waals surface area contributed by atoms with Gasteiger partial charge < -0.3 is 24.5 Å². The van der Waals surface area contributed by atoms with Crippen LogP contribution in [0, 0.1) is 0 Å². The monoisotopic (exact) mass is 402 g/mol. The number of hydrogen-bond donors (Lipinski definition) is 2. The molecule has 158 valence electrons. The SMILES string of the molecule is CCOC(=O)c1c(CNc2ccccc2OC)[nH]c(C(=O)OC(C)(C)C)c1CC. The van der Waals surface area contributed by atoms with Gasteiger partial charge in [-0.15, -0.1) is 0 Å². The Morgan fingerprint density at radius 2 is 1.79 bits per heavy atom. The van der Waals surface area contributed by atoms with Crippen molar-refractivity contribution in [1.82, 2.24) is 4.98 Å². The van der Waals surface area contributed by atoms with E-state index >= 15 is 0 Å². The third kappa shape index (κ3) is 5.53. The molecule has 0 atom stereocenters. The van der Waals surface area contributed by atoms with Crippen LogP contribution in [-0.4, -0.2) is 36.2 Å². The highest BCUT2D eigenvalue weighted by atomic mass is 16.6. The van der Waals surface area contributed by atoms with Crippen LogP contribution in [0.3, 0.4) is 0 Å². The fourth-order valence-electron chi connectivity index (χ4n) is 3.01. The number of methoxy groups -OCH3 is 1. The molecule has 1 heterocycles. The van der Waals surface area contributed by atoms with E-state index in [2.05, 4.69) is 10.3 Å². The first kappa shape index (κ1) is 22.3. The average Bonchev–Trinajstić information content (AvgIpc) is 3.04. The highest BCUT2D eigenvalue weighted by Crippen LogP contribution is 2.27. The Morgan fingerprint density at radius 3 is 2.38 bits per heavy atom. The maximum atomic E-state index is 12.7. The number of benzene rings is 1. The third-order valence-electron chi connectivity index (χ3n) is 4.18. The Hall–Kier alpha value is -2.96. The molecule has 0 aliphatic rings. The van der Waals surface area contributed by atoms with E-state index < -0.39 is 17.5 Å². The molecule has 2 N–H and O–H groups in total. The minimum Gasteiger partial charge on any atom is -0.495 e. The van der Waals surface area contributed by atoms with Gasteiger partial charge in [0.05, 0.1) is 31.5 Å². The molecule has 2 aromatic rings. The number of carbonyl (C=O) groups excluding carboxylic acids is 2. The highest BCUT2D eigenvalue weighted by Gasteiger charge is 2.29. The van der Waals surface area contributed by atoms with Gasteiger partial charge in [0, 0.05) is 5.69 Å². The summed E-state index contributed by atoms with van der Waals surface area (Å²) in [5.74, 6) is -0.282. The first-order valence-electron chi connectivity index (χ1n) is 9.72.